The summed E-state index contributed by atoms with van der Waals surface area (Å²) in [6.07, 6.45) is 1.71. The fourth-order valence-electron chi connectivity index (χ4n) is 1.91. The standard InChI is InChI=1S/C13H22N4S/c1-6-9-10(7-2)15-16-13(11(9)12(14)18)17(5)8(3)4/h8H,6-7H2,1-5H3,(H2,14,18). The van der Waals surface area contributed by atoms with E-state index in [4.69, 9.17) is 18.0 Å². The van der Waals surface area contributed by atoms with E-state index < -0.39 is 0 Å². The summed E-state index contributed by atoms with van der Waals surface area (Å²) in [7, 11) is 1.99. The molecule has 0 aliphatic carbocycles. The highest BCUT2D eigenvalue weighted by atomic mass is 32.1. The largest absolute Gasteiger partial charge is 0.389 e. The zero-order chi connectivity index (χ0) is 13.9. The number of anilines is 1. The molecule has 0 amide bonds. The van der Waals surface area contributed by atoms with Crippen molar-refractivity contribution in [2.45, 2.75) is 46.6 Å². The van der Waals surface area contributed by atoms with Crippen LogP contribution in [0.3, 0.4) is 0 Å². The summed E-state index contributed by atoms with van der Waals surface area (Å²) in [5, 5.41) is 8.62. The Balaban J connectivity index is 3.49. The molecule has 0 saturated heterocycles. The Morgan fingerprint density at radius 1 is 1.28 bits per heavy atom. The normalized spacial score (nSPS) is 10.8. The number of hydrogen-bond acceptors (Lipinski definition) is 4. The molecule has 1 aromatic heterocycles. The second-order valence-electron chi connectivity index (χ2n) is 4.60. The van der Waals surface area contributed by atoms with Crippen LogP contribution in [-0.2, 0) is 12.8 Å². The fraction of sp³-hybridized carbons (Fsp3) is 0.615. The third-order valence-corrected chi connectivity index (χ3v) is 3.39. The van der Waals surface area contributed by atoms with Gasteiger partial charge in [-0.05, 0) is 32.3 Å². The third kappa shape index (κ3) is 2.77. The smallest absolute Gasteiger partial charge is 0.161 e. The van der Waals surface area contributed by atoms with E-state index >= 15 is 0 Å². The van der Waals surface area contributed by atoms with Gasteiger partial charge >= 0.3 is 0 Å². The number of aryl methyl sites for hydroxylation is 1. The van der Waals surface area contributed by atoms with Gasteiger partial charge in [-0.25, -0.2) is 0 Å². The minimum Gasteiger partial charge on any atom is -0.389 e. The van der Waals surface area contributed by atoms with Crippen LogP contribution in [0.4, 0.5) is 5.82 Å². The molecule has 0 aromatic carbocycles. The minimum atomic E-state index is 0.324. The van der Waals surface area contributed by atoms with Crippen LogP contribution in [-0.4, -0.2) is 28.3 Å². The first kappa shape index (κ1) is 14.8. The Hall–Kier alpha value is -1.23. The Bertz CT molecular complexity index is 443. The van der Waals surface area contributed by atoms with Crippen molar-refractivity contribution in [3.8, 4) is 0 Å². The van der Waals surface area contributed by atoms with Gasteiger partial charge in [-0.2, -0.15) is 5.10 Å². The zero-order valence-electron chi connectivity index (χ0n) is 11.8. The van der Waals surface area contributed by atoms with Crippen LogP contribution in [0.25, 0.3) is 0 Å². The molecule has 100 valence electrons. The van der Waals surface area contributed by atoms with Crippen molar-refractivity contribution in [3.05, 3.63) is 16.8 Å². The first-order chi connectivity index (χ1) is 8.43. The molecule has 5 heteroatoms. The number of thiocarbonyl (C=S) groups is 1. The van der Waals surface area contributed by atoms with Crippen LogP contribution in [0.1, 0.15) is 44.5 Å². The summed E-state index contributed by atoms with van der Waals surface area (Å²) in [5.74, 6) is 0.784. The average Bonchev–Trinajstić information content (AvgIpc) is 2.35. The van der Waals surface area contributed by atoms with Crippen molar-refractivity contribution in [2.75, 3.05) is 11.9 Å². The van der Waals surface area contributed by atoms with Crippen LogP contribution in [0.5, 0.6) is 0 Å². The molecular weight excluding hydrogens is 244 g/mol. The summed E-state index contributed by atoms with van der Waals surface area (Å²) in [5.41, 5.74) is 8.89. The second-order valence-corrected chi connectivity index (χ2v) is 5.04. The van der Waals surface area contributed by atoms with Gasteiger partial charge in [-0.1, -0.05) is 26.1 Å². The van der Waals surface area contributed by atoms with Crippen molar-refractivity contribution < 1.29 is 0 Å². The van der Waals surface area contributed by atoms with Gasteiger partial charge in [0.15, 0.2) is 5.82 Å². The van der Waals surface area contributed by atoms with E-state index in [9.17, 15) is 0 Å². The average molecular weight is 266 g/mol. The Labute approximate surface area is 115 Å². The summed E-state index contributed by atoms with van der Waals surface area (Å²) in [4.78, 5) is 2.46. The van der Waals surface area contributed by atoms with Crippen molar-refractivity contribution in [2.24, 2.45) is 5.73 Å². The molecule has 0 aliphatic heterocycles. The molecule has 4 nitrogen and oxygen atoms in total. The van der Waals surface area contributed by atoms with E-state index in [1.54, 1.807) is 0 Å². The predicted molar refractivity (Wildman–Crippen MR) is 80.2 cm³/mol. The number of hydrogen-bond donors (Lipinski definition) is 1. The van der Waals surface area contributed by atoms with Gasteiger partial charge in [-0.3, -0.25) is 0 Å². The molecule has 1 heterocycles. The fourth-order valence-corrected chi connectivity index (χ4v) is 2.13. The van der Waals surface area contributed by atoms with Crippen LogP contribution in [0, 0.1) is 0 Å². The van der Waals surface area contributed by atoms with E-state index in [-0.39, 0.29) is 0 Å². The topological polar surface area (TPSA) is 55.0 Å². The molecule has 1 aromatic rings. The summed E-state index contributed by atoms with van der Waals surface area (Å²) in [6, 6.07) is 0.324. The lowest BCUT2D eigenvalue weighted by molar-refractivity contribution is 0.725. The van der Waals surface area contributed by atoms with E-state index in [1.165, 1.54) is 0 Å². The molecule has 0 fully saturated rings. The summed E-state index contributed by atoms with van der Waals surface area (Å²) in [6.45, 7) is 8.37. The van der Waals surface area contributed by atoms with E-state index in [0.29, 0.717) is 11.0 Å². The molecular formula is C13H22N4S. The highest BCUT2D eigenvalue weighted by Crippen LogP contribution is 2.24. The number of nitrogens with two attached hydrogens (primary N) is 1. The molecule has 0 radical (unpaired) electrons. The van der Waals surface area contributed by atoms with Crippen LogP contribution in [0.15, 0.2) is 0 Å². The lowest BCUT2D eigenvalue weighted by atomic mass is 10.0. The van der Waals surface area contributed by atoms with Gasteiger partial charge in [0, 0.05) is 13.1 Å². The van der Waals surface area contributed by atoms with Crippen molar-refractivity contribution >= 4 is 23.0 Å². The van der Waals surface area contributed by atoms with Crippen molar-refractivity contribution in [1.82, 2.24) is 10.2 Å². The number of nitrogens with zero attached hydrogens (tertiary/aromatic N) is 3. The Morgan fingerprint density at radius 2 is 1.89 bits per heavy atom. The Kier molecular flexibility index (Phi) is 5.02. The predicted octanol–water partition coefficient (Wildman–Crippen LogP) is 2.08. The highest BCUT2D eigenvalue weighted by Gasteiger charge is 2.20. The number of rotatable bonds is 5. The summed E-state index contributed by atoms with van der Waals surface area (Å²) >= 11 is 5.20. The SMILES string of the molecule is CCc1nnc(N(C)C(C)C)c(C(N)=S)c1CC. The van der Waals surface area contributed by atoms with Gasteiger partial charge in [0.05, 0.1) is 11.3 Å². The molecule has 0 aliphatic rings. The lowest BCUT2D eigenvalue weighted by Crippen LogP contribution is -2.31. The first-order valence-corrected chi connectivity index (χ1v) is 6.75. The van der Waals surface area contributed by atoms with Gasteiger partial charge in [0.2, 0.25) is 0 Å². The molecule has 1 rings (SSSR count). The summed E-state index contributed by atoms with van der Waals surface area (Å²) < 4.78 is 0. The molecule has 0 spiro atoms. The van der Waals surface area contributed by atoms with Crippen LogP contribution in [0.2, 0.25) is 0 Å². The molecule has 0 saturated carbocycles. The maximum Gasteiger partial charge on any atom is 0.161 e. The van der Waals surface area contributed by atoms with Crippen molar-refractivity contribution in [3.63, 3.8) is 0 Å². The first-order valence-electron chi connectivity index (χ1n) is 6.35. The Morgan fingerprint density at radius 3 is 2.28 bits per heavy atom. The number of aromatic nitrogens is 2. The molecule has 2 N–H and O–H groups in total. The molecule has 0 atom stereocenters. The van der Waals surface area contributed by atoms with Gasteiger partial charge in [0.1, 0.15) is 4.99 Å². The van der Waals surface area contributed by atoms with Gasteiger partial charge < -0.3 is 10.6 Å². The minimum absolute atomic E-state index is 0.324. The van der Waals surface area contributed by atoms with E-state index in [2.05, 4.69) is 42.8 Å². The van der Waals surface area contributed by atoms with Gasteiger partial charge in [-0.15, -0.1) is 5.10 Å². The highest BCUT2D eigenvalue weighted by molar-refractivity contribution is 7.80. The maximum absolute atomic E-state index is 5.89. The van der Waals surface area contributed by atoms with E-state index in [0.717, 1.165) is 35.5 Å². The van der Waals surface area contributed by atoms with Crippen LogP contribution >= 0.6 is 12.2 Å². The molecule has 0 bridgehead atoms. The lowest BCUT2D eigenvalue weighted by Gasteiger charge is -2.26. The van der Waals surface area contributed by atoms with Gasteiger partial charge in [0.25, 0.3) is 0 Å². The molecule has 18 heavy (non-hydrogen) atoms. The third-order valence-electron chi connectivity index (χ3n) is 3.18. The second kappa shape index (κ2) is 6.09. The molecule has 0 unspecified atom stereocenters. The van der Waals surface area contributed by atoms with Crippen molar-refractivity contribution in [1.29, 1.82) is 0 Å². The van der Waals surface area contributed by atoms with Crippen LogP contribution < -0.4 is 10.6 Å². The van der Waals surface area contributed by atoms with E-state index in [1.807, 2.05) is 7.05 Å². The zero-order valence-corrected chi connectivity index (χ0v) is 12.6. The maximum atomic E-state index is 5.89. The quantitative estimate of drug-likeness (QED) is 0.827. The monoisotopic (exact) mass is 266 g/mol.